The van der Waals surface area contributed by atoms with Gasteiger partial charge in [-0.1, -0.05) is 24.3 Å². The summed E-state index contributed by atoms with van der Waals surface area (Å²) in [5.41, 5.74) is 8.59. The summed E-state index contributed by atoms with van der Waals surface area (Å²) >= 11 is 3.39. The standard InChI is InChI=1S/C26H24N2S2/c1-17-11-18(2)14-21(13-17)27-25(23-7-5-9-29-23)26(24-8-6-10-30-24)28-22-15-19(3)12-20(4)16-22/h5-16H,1-4H3. The van der Waals surface area contributed by atoms with Crippen LogP contribution in [0.2, 0.25) is 0 Å². The van der Waals surface area contributed by atoms with Gasteiger partial charge >= 0.3 is 0 Å². The summed E-state index contributed by atoms with van der Waals surface area (Å²) in [5, 5.41) is 4.18. The van der Waals surface area contributed by atoms with E-state index in [2.05, 4.69) is 99.1 Å². The fourth-order valence-electron chi connectivity index (χ4n) is 3.56. The summed E-state index contributed by atoms with van der Waals surface area (Å²) in [5.74, 6) is 0. The van der Waals surface area contributed by atoms with E-state index in [9.17, 15) is 0 Å². The number of thiophene rings is 2. The number of aryl methyl sites for hydroxylation is 4. The zero-order valence-corrected chi connectivity index (χ0v) is 19.3. The summed E-state index contributed by atoms with van der Waals surface area (Å²) in [6.07, 6.45) is 0. The predicted octanol–water partition coefficient (Wildman–Crippen LogP) is 7.99. The minimum atomic E-state index is 0.914. The number of nitrogens with zero attached hydrogens (tertiary/aromatic N) is 2. The van der Waals surface area contributed by atoms with E-state index < -0.39 is 0 Å². The Morgan fingerprint density at radius 3 is 1.23 bits per heavy atom. The molecule has 4 rings (SSSR count). The Hall–Kier alpha value is -2.82. The molecule has 4 heteroatoms. The molecule has 0 atom stereocenters. The molecule has 0 aliphatic rings. The van der Waals surface area contributed by atoms with Crippen molar-refractivity contribution in [2.45, 2.75) is 27.7 Å². The molecule has 0 unspecified atom stereocenters. The van der Waals surface area contributed by atoms with Gasteiger partial charge in [0.1, 0.15) is 11.4 Å². The molecule has 2 aromatic heterocycles. The minimum absolute atomic E-state index is 0.914. The SMILES string of the molecule is Cc1cc(C)cc(N=C(C(=Nc2cc(C)cc(C)c2)c2cccs2)c2cccs2)c1. The van der Waals surface area contributed by atoms with Gasteiger partial charge in [0.15, 0.2) is 0 Å². The highest BCUT2D eigenvalue weighted by Gasteiger charge is 2.17. The highest BCUT2D eigenvalue weighted by Crippen LogP contribution is 2.26. The third kappa shape index (κ3) is 4.84. The number of hydrogen-bond acceptors (Lipinski definition) is 4. The molecule has 0 N–H and O–H groups in total. The van der Waals surface area contributed by atoms with Gasteiger partial charge in [-0.15, -0.1) is 22.7 Å². The van der Waals surface area contributed by atoms with Crippen molar-refractivity contribution >= 4 is 45.5 Å². The molecule has 0 bridgehead atoms. The van der Waals surface area contributed by atoms with E-state index >= 15 is 0 Å². The van der Waals surface area contributed by atoms with Crippen LogP contribution in [0.3, 0.4) is 0 Å². The molecule has 2 nitrogen and oxygen atoms in total. The normalized spacial score (nSPS) is 12.4. The molecule has 0 saturated carbocycles. The molecular formula is C26H24N2S2. The van der Waals surface area contributed by atoms with Crippen LogP contribution in [0.4, 0.5) is 11.4 Å². The largest absolute Gasteiger partial charge is 0.245 e. The molecule has 0 aliphatic heterocycles. The average molecular weight is 429 g/mol. The van der Waals surface area contributed by atoms with Crippen LogP contribution in [0.15, 0.2) is 81.4 Å². The first-order valence-corrected chi connectivity index (χ1v) is 11.7. The fraction of sp³-hybridized carbons (Fsp3) is 0.154. The topological polar surface area (TPSA) is 24.7 Å². The lowest BCUT2D eigenvalue weighted by molar-refractivity contribution is 1.35. The van der Waals surface area contributed by atoms with Gasteiger partial charge in [0, 0.05) is 0 Å². The summed E-state index contributed by atoms with van der Waals surface area (Å²) < 4.78 is 0. The van der Waals surface area contributed by atoms with Crippen LogP contribution in [-0.4, -0.2) is 11.4 Å². The van der Waals surface area contributed by atoms with Crippen molar-refractivity contribution in [1.29, 1.82) is 0 Å². The second-order valence-electron chi connectivity index (χ2n) is 7.57. The Morgan fingerprint density at radius 2 is 0.933 bits per heavy atom. The smallest absolute Gasteiger partial charge is 0.108 e. The lowest BCUT2D eigenvalue weighted by Gasteiger charge is -2.10. The van der Waals surface area contributed by atoms with E-state index in [4.69, 9.17) is 9.98 Å². The molecule has 150 valence electrons. The molecule has 30 heavy (non-hydrogen) atoms. The Balaban J connectivity index is 1.95. The van der Waals surface area contributed by atoms with Crippen molar-refractivity contribution in [2.24, 2.45) is 9.98 Å². The molecule has 2 aromatic carbocycles. The summed E-state index contributed by atoms with van der Waals surface area (Å²) in [6, 6.07) is 21.2. The van der Waals surface area contributed by atoms with E-state index in [1.807, 2.05) is 0 Å². The van der Waals surface area contributed by atoms with E-state index in [-0.39, 0.29) is 0 Å². The van der Waals surface area contributed by atoms with Gasteiger partial charge in [-0.25, -0.2) is 9.98 Å². The van der Waals surface area contributed by atoms with Crippen LogP contribution < -0.4 is 0 Å². The highest BCUT2D eigenvalue weighted by atomic mass is 32.1. The van der Waals surface area contributed by atoms with Gasteiger partial charge in [-0.2, -0.15) is 0 Å². The number of hydrogen-bond donors (Lipinski definition) is 0. The lowest BCUT2D eigenvalue weighted by atomic mass is 10.1. The number of benzene rings is 2. The van der Waals surface area contributed by atoms with E-state index in [0.717, 1.165) is 32.6 Å². The third-order valence-corrected chi connectivity index (χ3v) is 6.38. The van der Waals surface area contributed by atoms with E-state index in [0.29, 0.717) is 0 Å². The maximum atomic E-state index is 5.12. The van der Waals surface area contributed by atoms with E-state index in [1.54, 1.807) is 22.7 Å². The van der Waals surface area contributed by atoms with Crippen LogP contribution in [0.1, 0.15) is 32.0 Å². The first kappa shape index (κ1) is 20.5. The first-order valence-electron chi connectivity index (χ1n) is 9.90. The third-order valence-electron chi connectivity index (χ3n) is 4.63. The van der Waals surface area contributed by atoms with Crippen molar-refractivity contribution < 1.29 is 0 Å². The maximum Gasteiger partial charge on any atom is 0.108 e. The maximum absolute atomic E-state index is 5.12. The van der Waals surface area contributed by atoms with Crippen molar-refractivity contribution in [2.75, 3.05) is 0 Å². The Labute approximate surface area is 186 Å². The van der Waals surface area contributed by atoms with Gasteiger partial charge in [0.25, 0.3) is 0 Å². The predicted molar refractivity (Wildman–Crippen MR) is 133 cm³/mol. The molecule has 0 aliphatic carbocycles. The monoisotopic (exact) mass is 428 g/mol. The highest BCUT2D eigenvalue weighted by molar-refractivity contribution is 7.15. The Morgan fingerprint density at radius 1 is 0.567 bits per heavy atom. The van der Waals surface area contributed by atoms with Crippen molar-refractivity contribution in [1.82, 2.24) is 0 Å². The fourth-order valence-corrected chi connectivity index (χ4v) is 4.99. The van der Waals surface area contributed by atoms with Gasteiger partial charge in [0.05, 0.1) is 21.1 Å². The quantitative estimate of drug-likeness (QED) is 0.288. The molecule has 0 fully saturated rings. The molecule has 0 saturated heterocycles. The average Bonchev–Trinajstić information content (AvgIpc) is 3.36. The lowest BCUT2D eigenvalue weighted by Crippen LogP contribution is -2.14. The van der Waals surface area contributed by atoms with Crippen LogP contribution in [0.25, 0.3) is 0 Å². The summed E-state index contributed by atoms with van der Waals surface area (Å²) in [7, 11) is 0. The van der Waals surface area contributed by atoms with Crippen LogP contribution in [0.5, 0.6) is 0 Å². The van der Waals surface area contributed by atoms with Crippen molar-refractivity contribution in [3.8, 4) is 0 Å². The zero-order valence-electron chi connectivity index (χ0n) is 17.6. The van der Waals surface area contributed by atoms with Crippen LogP contribution in [-0.2, 0) is 0 Å². The van der Waals surface area contributed by atoms with Gasteiger partial charge in [-0.05, 0) is 97.1 Å². The molecule has 2 heterocycles. The van der Waals surface area contributed by atoms with Crippen LogP contribution >= 0.6 is 22.7 Å². The minimum Gasteiger partial charge on any atom is -0.245 e. The second kappa shape index (κ2) is 8.90. The summed E-state index contributed by atoms with van der Waals surface area (Å²) in [6.45, 7) is 8.45. The number of rotatable bonds is 5. The Bertz CT molecular complexity index is 1080. The van der Waals surface area contributed by atoms with Crippen molar-refractivity contribution in [3.63, 3.8) is 0 Å². The molecular weight excluding hydrogens is 404 g/mol. The molecule has 0 amide bonds. The molecule has 0 radical (unpaired) electrons. The zero-order chi connectivity index (χ0) is 21.1. The first-order chi connectivity index (χ1) is 14.5. The Kier molecular flexibility index (Phi) is 6.07. The second-order valence-corrected chi connectivity index (χ2v) is 9.46. The summed E-state index contributed by atoms with van der Waals surface area (Å²) in [4.78, 5) is 12.5. The van der Waals surface area contributed by atoms with Crippen molar-refractivity contribution in [3.05, 3.63) is 103 Å². The molecule has 0 spiro atoms. The van der Waals surface area contributed by atoms with Gasteiger partial charge in [0.2, 0.25) is 0 Å². The van der Waals surface area contributed by atoms with Gasteiger partial charge in [-0.3, -0.25) is 0 Å². The van der Waals surface area contributed by atoms with E-state index in [1.165, 1.54) is 22.3 Å². The number of aliphatic imine (C=N–C) groups is 2. The van der Waals surface area contributed by atoms with Crippen LogP contribution in [0, 0.1) is 27.7 Å². The molecule has 4 aromatic rings. The van der Waals surface area contributed by atoms with Gasteiger partial charge < -0.3 is 0 Å².